The van der Waals surface area contributed by atoms with Crippen molar-refractivity contribution in [2.75, 3.05) is 6.79 Å². The van der Waals surface area contributed by atoms with E-state index in [-0.39, 0.29) is 18.2 Å². The molecule has 0 spiro atoms. The maximum atomic E-state index is 13.9. The Bertz CT molecular complexity index is 1040. The lowest BCUT2D eigenvalue weighted by Gasteiger charge is -2.21. The molecular formula is C18H15FN2O3S2. The zero-order valence-electron chi connectivity index (χ0n) is 13.7. The summed E-state index contributed by atoms with van der Waals surface area (Å²) in [6, 6.07) is 4.70. The second kappa shape index (κ2) is 7.22. The predicted octanol–water partition coefficient (Wildman–Crippen LogP) is 3.94. The summed E-state index contributed by atoms with van der Waals surface area (Å²) in [6.07, 6.45) is 1.66. The lowest BCUT2D eigenvalue weighted by Crippen LogP contribution is -2.22. The molecule has 0 amide bonds. The van der Waals surface area contributed by atoms with Crippen LogP contribution in [0.1, 0.15) is 11.1 Å². The van der Waals surface area contributed by atoms with Gasteiger partial charge in [-0.2, -0.15) is 0 Å². The van der Waals surface area contributed by atoms with E-state index in [0.29, 0.717) is 45.6 Å². The van der Waals surface area contributed by atoms with Crippen molar-refractivity contribution in [3.63, 3.8) is 0 Å². The molecule has 0 saturated heterocycles. The Morgan fingerprint density at radius 1 is 1.46 bits per heavy atom. The van der Waals surface area contributed by atoms with Crippen LogP contribution in [0.3, 0.4) is 0 Å². The maximum Gasteiger partial charge on any atom is 0.272 e. The number of hydrogen-bond donors (Lipinski definition) is 0. The van der Waals surface area contributed by atoms with Gasteiger partial charge in [0.25, 0.3) is 5.56 Å². The summed E-state index contributed by atoms with van der Waals surface area (Å²) in [4.78, 5) is 17.3. The Balaban J connectivity index is 1.70. The summed E-state index contributed by atoms with van der Waals surface area (Å²) < 4.78 is 26.9. The molecule has 0 fully saturated rings. The first-order valence-electron chi connectivity index (χ1n) is 7.91. The highest BCUT2D eigenvalue weighted by atomic mass is 32.2. The van der Waals surface area contributed by atoms with Crippen LogP contribution in [0.15, 0.2) is 46.2 Å². The van der Waals surface area contributed by atoms with Gasteiger partial charge in [0.1, 0.15) is 16.3 Å². The highest BCUT2D eigenvalue weighted by Crippen LogP contribution is 2.33. The van der Waals surface area contributed by atoms with Crippen molar-refractivity contribution in [3.8, 4) is 5.75 Å². The fourth-order valence-corrected chi connectivity index (χ4v) is 4.58. The number of ether oxygens (including phenoxy) is 2. The molecule has 0 unspecified atom stereocenters. The highest BCUT2D eigenvalue weighted by molar-refractivity contribution is 7.98. The molecule has 5 nitrogen and oxygen atoms in total. The minimum atomic E-state index is -0.335. The number of benzene rings is 1. The minimum absolute atomic E-state index is 0.0849. The van der Waals surface area contributed by atoms with Crippen molar-refractivity contribution in [1.29, 1.82) is 0 Å². The molecule has 0 radical (unpaired) electrons. The third kappa shape index (κ3) is 3.15. The first-order valence-corrected chi connectivity index (χ1v) is 9.77. The molecular weight excluding hydrogens is 375 g/mol. The molecule has 8 heteroatoms. The number of thiophene rings is 1. The molecule has 2 aromatic heterocycles. The minimum Gasteiger partial charge on any atom is -0.467 e. The van der Waals surface area contributed by atoms with E-state index in [9.17, 15) is 9.18 Å². The zero-order valence-corrected chi connectivity index (χ0v) is 15.4. The van der Waals surface area contributed by atoms with Crippen LogP contribution in [-0.2, 0) is 23.6 Å². The molecule has 0 atom stereocenters. The van der Waals surface area contributed by atoms with Crippen LogP contribution in [-0.4, -0.2) is 16.3 Å². The molecule has 0 aliphatic carbocycles. The Kier molecular flexibility index (Phi) is 4.80. The standard InChI is InChI=1S/C18H15FN2O3S2/c1-2-4-21-17(22)16-14(3-5-25-16)20-18(21)26-9-12-7-13(19)6-11-8-23-10-24-15(11)12/h2-3,5-7H,1,4,8-10H2. The summed E-state index contributed by atoms with van der Waals surface area (Å²) in [5, 5.41) is 2.42. The Hall–Kier alpha value is -2.16. The van der Waals surface area contributed by atoms with Crippen LogP contribution in [0.5, 0.6) is 5.75 Å². The molecule has 26 heavy (non-hydrogen) atoms. The molecule has 3 aromatic rings. The van der Waals surface area contributed by atoms with Crippen LogP contribution in [0.25, 0.3) is 10.2 Å². The number of thioether (sulfide) groups is 1. The van der Waals surface area contributed by atoms with E-state index in [1.54, 1.807) is 10.6 Å². The van der Waals surface area contributed by atoms with Gasteiger partial charge in [0.05, 0.1) is 12.1 Å². The van der Waals surface area contributed by atoms with Crippen LogP contribution < -0.4 is 10.3 Å². The molecule has 134 valence electrons. The molecule has 0 bridgehead atoms. The Morgan fingerprint density at radius 3 is 3.19 bits per heavy atom. The second-order valence-electron chi connectivity index (χ2n) is 5.69. The van der Waals surface area contributed by atoms with E-state index in [0.717, 1.165) is 5.56 Å². The van der Waals surface area contributed by atoms with Crippen molar-refractivity contribution in [3.05, 3.63) is 63.5 Å². The zero-order chi connectivity index (χ0) is 18.1. The molecule has 1 aliphatic rings. The van der Waals surface area contributed by atoms with Crippen molar-refractivity contribution < 1.29 is 13.9 Å². The Morgan fingerprint density at radius 2 is 2.35 bits per heavy atom. The Labute approximate surface area is 157 Å². The first-order chi connectivity index (χ1) is 12.7. The van der Waals surface area contributed by atoms with Gasteiger partial charge >= 0.3 is 0 Å². The lowest BCUT2D eigenvalue weighted by molar-refractivity contribution is -0.0171. The van der Waals surface area contributed by atoms with E-state index in [1.807, 2.05) is 11.4 Å². The predicted molar refractivity (Wildman–Crippen MR) is 100 cm³/mol. The number of aromatic nitrogens is 2. The third-order valence-corrected chi connectivity index (χ3v) is 5.87. The van der Waals surface area contributed by atoms with Gasteiger partial charge < -0.3 is 9.47 Å². The van der Waals surface area contributed by atoms with Crippen molar-refractivity contribution in [1.82, 2.24) is 9.55 Å². The van der Waals surface area contributed by atoms with Gasteiger partial charge in [0.15, 0.2) is 11.9 Å². The molecule has 0 saturated carbocycles. The summed E-state index contributed by atoms with van der Waals surface area (Å²) in [6.45, 7) is 4.56. The van der Waals surface area contributed by atoms with Gasteiger partial charge in [-0.05, 0) is 23.6 Å². The molecule has 3 heterocycles. The molecule has 4 rings (SSSR count). The van der Waals surface area contributed by atoms with Gasteiger partial charge in [-0.15, -0.1) is 17.9 Å². The van der Waals surface area contributed by atoms with Crippen LogP contribution in [0.4, 0.5) is 4.39 Å². The fourth-order valence-electron chi connectivity index (χ4n) is 2.83. The number of hydrogen-bond acceptors (Lipinski definition) is 6. The largest absolute Gasteiger partial charge is 0.467 e. The average Bonchev–Trinajstić information content (AvgIpc) is 3.11. The number of rotatable bonds is 5. The van der Waals surface area contributed by atoms with Crippen LogP contribution in [0, 0.1) is 5.82 Å². The van der Waals surface area contributed by atoms with Gasteiger partial charge in [0.2, 0.25) is 0 Å². The van der Waals surface area contributed by atoms with Gasteiger partial charge in [-0.25, -0.2) is 9.37 Å². The summed E-state index contributed by atoms with van der Waals surface area (Å²) in [5.74, 6) is 0.747. The first kappa shape index (κ1) is 17.3. The van der Waals surface area contributed by atoms with Gasteiger partial charge in [0, 0.05) is 23.4 Å². The van der Waals surface area contributed by atoms with Crippen molar-refractivity contribution in [2.24, 2.45) is 0 Å². The normalized spacial score (nSPS) is 13.4. The smallest absolute Gasteiger partial charge is 0.272 e. The highest BCUT2D eigenvalue weighted by Gasteiger charge is 2.18. The fraction of sp³-hybridized carbons (Fsp3) is 0.222. The SMILES string of the molecule is C=CCn1c(SCc2cc(F)cc3c2OCOC3)nc2ccsc2c1=O. The van der Waals surface area contributed by atoms with Gasteiger partial charge in [-0.3, -0.25) is 9.36 Å². The van der Waals surface area contributed by atoms with E-state index < -0.39 is 0 Å². The van der Waals surface area contributed by atoms with E-state index in [4.69, 9.17) is 9.47 Å². The van der Waals surface area contributed by atoms with Crippen LogP contribution >= 0.6 is 23.1 Å². The number of allylic oxidation sites excluding steroid dienone is 1. The quantitative estimate of drug-likeness (QED) is 0.375. The topological polar surface area (TPSA) is 53.4 Å². The maximum absolute atomic E-state index is 13.9. The second-order valence-corrected chi connectivity index (χ2v) is 7.54. The lowest BCUT2D eigenvalue weighted by atomic mass is 10.1. The average molecular weight is 390 g/mol. The van der Waals surface area contributed by atoms with Crippen LogP contribution in [0.2, 0.25) is 0 Å². The molecule has 1 aromatic carbocycles. The summed E-state index contributed by atoms with van der Waals surface area (Å²) in [5.41, 5.74) is 2.00. The molecule has 0 N–H and O–H groups in total. The summed E-state index contributed by atoms with van der Waals surface area (Å²) >= 11 is 2.75. The van der Waals surface area contributed by atoms with E-state index in [1.165, 1.54) is 35.2 Å². The van der Waals surface area contributed by atoms with E-state index in [2.05, 4.69) is 11.6 Å². The molecule has 1 aliphatic heterocycles. The van der Waals surface area contributed by atoms with Crippen molar-refractivity contribution >= 4 is 33.3 Å². The number of nitrogens with zero attached hydrogens (tertiary/aromatic N) is 2. The van der Waals surface area contributed by atoms with Gasteiger partial charge in [-0.1, -0.05) is 17.8 Å². The summed E-state index contributed by atoms with van der Waals surface area (Å²) in [7, 11) is 0. The third-order valence-electron chi connectivity index (χ3n) is 3.95. The van der Waals surface area contributed by atoms with E-state index >= 15 is 0 Å². The van der Waals surface area contributed by atoms with Crippen molar-refractivity contribution in [2.45, 2.75) is 24.1 Å². The number of fused-ring (bicyclic) bond motifs is 2. The number of halogens is 1. The monoisotopic (exact) mass is 390 g/mol.